The Morgan fingerprint density at radius 2 is 1.81 bits per heavy atom. The molecule has 1 aromatic carbocycles. The fourth-order valence-electron chi connectivity index (χ4n) is 3.05. The highest BCUT2D eigenvalue weighted by molar-refractivity contribution is 8.22. The normalized spacial score (nSPS) is 18.5. The Morgan fingerprint density at radius 3 is 2.54 bits per heavy atom. The van der Waals surface area contributed by atoms with Gasteiger partial charge in [-0.1, -0.05) is 47.3 Å². The van der Waals surface area contributed by atoms with Gasteiger partial charge in [0.15, 0.2) is 0 Å². The van der Waals surface area contributed by atoms with Crippen LogP contribution in [0.2, 0.25) is 0 Å². The van der Waals surface area contributed by atoms with Gasteiger partial charge in [0, 0.05) is 37.6 Å². The first kappa shape index (κ1) is 16.9. The first-order chi connectivity index (χ1) is 12.8. The van der Waals surface area contributed by atoms with Crippen LogP contribution in [0.15, 0.2) is 70.6 Å². The number of nitrogens with zero attached hydrogens (tertiary/aromatic N) is 4. The van der Waals surface area contributed by atoms with E-state index in [0.29, 0.717) is 13.1 Å². The van der Waals surface area contributed by atoms with E-state index >= 15 is 0 Å². The second-order valence-corrected chi connectivity index (χ2v) is 8.22. The second-order valence-electron chi connectivity index (χ2n) is 6.30. The number of rotatable bonds is 4. The molecule has 26 heavy (non-hydrogen) atoms. The zero-order valence-corrected chi connectivity index (χ0v) is 15.3. The van der Waals surface area contributed by atoms with E-state index in [1.807, 2.05) is 18.2 Å². The number of benzene rings is 1. The summed E-state index contributed by atoms with van der Waals surface area (Å²) < 4.78 is 0. The SMILES string of the molecule is O=C(On1cc([SH]2C=CC=C2)cn1)N1CCN(Cc2ccccc2)CC1. The van der Waals surface area contributed by atoms with Gasteiger partial charge < -0.3 is 4.90 Å². The molecule has 2 aromatic rings. The summed E-state index contributed by atoms with van der Waals surface area (Å²) in [5.41, 5.74) is 1.30. The lowest BCUT2D eigenvalue weighted by molar-refractivity contribution is 0.0577. The van der Waals surface area contributed by atoms with Gasteiger partial charge >= 0.3 is 6.09 Å². The van der Waals surface area contributed by atoms with Crippen molar-refractivity contribution in [3.05, 3.63) is 71.3 Å². The molecule has 0 radical (unpaired) electrons. The van der Waals surface area contributed by atoms with Crippen molar-refractivity contribution in [3.8, 4) is 0 Å². The molecular formula is C19H22N4O2S. The van der Waals surface area contributed by atoms with Crippen molar-refractivity contribution in [1.29, 1.82) is 0 Å². The number of hydrogen-bond donors (Lipinski definition) is 1. The van der Waals surface area contributed by atoms with Crippen molar-refractivity contribution in [1.82, 2.24) is 19.7 Å². The third-order valence-electron chi connectivity index (χ3n) is 4.50. The maximum absolute atomic E-state index is 12.4. The molecule has 2 aliphatic heterocycles. The summed E-state index contributed by atoms with van der Waals surface area (Å²) in [6.07, 6.45) is 7.27. The molecule has 0 spiro atoms. The fourth-order valence-corrected chi connectivity index (χ4v) is 4.48. The van der Waals surface area contributed by atoms with Gasteiger partial charge in [0.05, 0.1) is 12.4 Å². The van der Waals surface area contributed by atoms with E-state index in [1.165, 1.54) is 10.4 Å². The summed E-state index contributed by atoms with van der Waals surface area (Å²) in [5, 5.41) is 8.44. The Hall–Kier alpha value is -2.51. The third kappa shape index (κ3) is 4.00. The molecular weight excluding hydrogens is 348 g/mol. The number of thiol groups is 1. The Kier molecular flexibility index (Phi) is 5.08. The topological polar surface area (TPSA) is 50.6 Å². The first-order valence-corrected chi connectivity index (χ1v) is 10.2. The molecule has 3 heterocycles. The molecule has 2 aliphatic rings. The number of amides is 1. The molecule has 1 saturated heterocycles. The minimum atomic E-state index is -0.445. The molecule has 1 fully saturated rings. The van der Waals surface area contributed by atoms with Gasteiger partial charge in [-0.2, -0.15) is 10.9 Å². The standard InChI is InChI=1S/C19H22N4O2S/c24-19(25-23-16-18(14-20-23)26-12-4-5-13-26)22-10-8-21(9-11-22)15-17-6-2-1-3-7-17/h1-7,12-14,16,26H,8-11,15H2. The van der Waals surface area contributed by atoms with E-state index in [0.717, 1.165) is 24.5 Å². The van der Waals surface area contributed by atoms with Crippen LogP contribution in [0.4, 0.5) is 4.79 Å². The number of piperazine rings is 1. The van der Waals surface area contributed by atoms with Gasteiger partial charge in [0.25, 0.3) is 0 Å². The number of carbonyl (C=O) groups excluding carboxylic acids is 1. The van der Waals surface area contributed by atoms with Crippen molar-refractivity contribution < 1.29 is 9.63 Å². The van der Waals surface area contributed by atoms with Crippen LogP contribution >= 0.6 is 10.9 Å². The number of carbonyl (C=O) groups is 1. The van der Waals surface area contributed by atoms with E-state index in [2.05, 4.69) is 45.1 Å². The molecule has 0 N–H and O–H groups in total. The predicted octanol–water partition coefficient (Wildman–Crippen LogP) is 2.65. The van der Waals surface area contributed by atoms with Crippen LogP contribution in [-0.4, -0.2) is 52.0 Å². The Balaban J connectivity index is 1.27. The van der Waals surface area contributed by atoms with Crippen molar-refractivity contribution in [2.24, 2.45) is 0 Å². The van der Waals surface area contributed by atoms with Gasteiger partial charge in [0.2, 0.25) is 0 Å². The Labute approximate surface area is 155 Å². The van der Waals surface area contributed by atoms with Crippen molar-refractivity contribution >= 4 is 17.0 Å². The fraction of sp³-hybridized carbons (Fsp3) is 0.263. The molecule has 0 bridgehead atoms. The molecule has 0 saturated carbocycles. The van der Waals surface area contributed by atoms with Gasteiger partial charge in [-0.25, -0.2) is 4.79 Å². The molecule has 6 nitrogen and oxygen atoms in total. The smallest absolute Gasteiger partial charge is 0.304 e. The highest BCUT2D eigenvalue weighted by atomic mass is 32.2. The molecule has 0 aliphatic carbocycles. The zero-order valence-electron chi connectivity index (χ0n) is 14.4. The first-order valence-electron chi connectivity index (χ1n) is 8.69. The third-order valence-corrected chi connectivity index (χ3v) is 6.31. The van der Waals surface area contributed by atoms with Crippen LogP contribution in [0, 0.1) is 0 Å². The molecule has 4 rings (SSSR count). The maximum atomic E-state index is 12.4. The average molecular weight is 370 g/mol. The van der Waals surface area contributed by atoms with E-state index in [9.17, 15) is 4.79 Å². The van der Waals surface area contributed by atoms with Gasteiger partial charge in [0.1, 0.15) is 0 Å². The Morgan fingerprint density at radius 1 is 1.08 bits per heavy atom. The van der Waals surface area contributed by atoms with Crippen LogP contribution in [0.25, 0.3) is 0 Å². The predicted molar refractivity (Wildman–Crippen MR) is 103 cm³/mol. The summed E-state index contributed by atoms with van der Waals surface area (Å²) in [6.45, 7) is 3.93. The largest absolute Gasteiger partial charge is 0.436 e. The highest BCUT2D eigenvalue weighted by Crippen LogP contribution is 2.41. The highest BCUT2D eigenvalue weighted by Gasteiger charge is 2.23. The summed E-state index contributed by atoms with van der Waals surface area (Å²) in [4.78, 5) is 24.2. The van der Waals surface area contributed by atoms with E-state index in [4.69, 9.17) is 4.84 Å². The number of hydrogen-bond acceptors (Lipinski definition) is 4. The van der Waals surface area contributed by atoms with Crippen molar-refractivity contribution in [3.63, 3.8) is 0 Å². The van der Waals surface area contributed by atoms with E-state index < -0.39 is 10.9 Å². The van der Waals surface area contributed by atoms with E-state index in [1.54, 1.807) is 17.3 Å². The summed E-state index contributed by atoms with van der Waals surface area (Å²) in [5.74, 6) is 0. The number of allylic oxidation sites excluding steroid dienone is 2. The van der Waals surface area contributed by atoms with Crippen LogP contribution in [0.1, 0.15) is 5.56 Å². The summed E-state index contributed by atoms with van der Waals surface area (Å²) in [7, 11) is -0.445. The van der Waals surface area contributed by atoms with Crippen molar-refractivity contribution in [2.75, 3.05) is 26.2 Å². The summed E-state index contributed by atoms with van der Waals surface area (Å²) in [6, 6.07) is 10.4. The lowest BCUT2D eigenvalue weighted by atomic mass is 10.2. The summed E-state index contributed by atoms with van der Waals surface area (Å²) >= 11 is 0. The monoisotopic (exact) mass is 370 g/mol. The zero-order chi connectivity index (χ0) is 17.8. The van der Waals surface area contributed by atoms with Crippen LogP contribution in [-0.2, 0) is 6.54 Å². The molecule has 136 valence electrons. The Bertz CT molecular complexity index is 798. The molecule has 1 aromatic heterocycles. The lowest BCUT2D eigenvalue weighted by Gasteiger charge is -2.33. The minimum Gasteiger partial charge on any atom is -0.304 e. The van der Waals surface area contributed by atoms with Gasteiger partial charge in [-0.05, 0) is 16.4 Å². The molecule has 1 amide bonds. The van der Waals surface area contributed by atoms with Crippen LogP contribution in [0.5, 0.6) is 0 Å². The van der Waals surface area contributed by atoms with Gasteiger partial charge in [-0.3, -0.25) is 9.74 Å². The van der Waals surface area contributed by atoms with E-state index in [-0.39, 0.29) is 6.09 Å². The molecule has 7 heteroatoms. The minimum absolute atomic E-state index is 0.343. The second kappa shape index (κ2) is 7.80. The van der Waals surface area contributed by atoms with Gasteiger partial charge in [-0.15, -0.1) is 5.10 Å². The number of aromatic nitrogens is 2. The van der Waals surface area contributed by atoms with Crippen LogP contribution < -0.4 is 4.84 Å². The van der Waals surface area contributed by atoms with Crippen LogP contribution in [0.3, 0.4) is 0 Å². The quantitative estimate of drug-likeness (QED) is 0.841. The molecule has 0 unspecified atom stereocenters. The molecule has 0 atom stereocenters. The lowest BCUT2D eigenvalue weighted by Crippen LogP contribution is -2.50. The maximum Gasteiger partial charge on any atom is 0.436 e. The average Bonchev–Trinajstić information content (AvgIpc) is 3.35. The van der Waals surface area contributed by atoms with Crippen molar-refractivity contribution in [2.45, 2.75) is 11.4 Å².